The van der Waals surface area contributed by atoms with Crippen LogP contribution in [0.2, 0.25) is 0 Å². The van der Waals surface area contributed by atoms with Gasteiger partial charge in [-0.05, 0) is 44.7 Å². The van der Waals surface area contributed by atoms with Crippen molar-refractivity contribution in [1.29, 1.82) is 0 Å². The number of rotatable bonds is 5. The third-order valence-electron chi connectivity index (χ3n) is 4.02. The quantitative estimate of drug-likeness (QED) is 0.723. The number of carbonyl (C=O) groups is 1. The molecular formula is C13H25N3O2. The standard InChI is InChI=1S/C13H25N3O2/c14-13(17)10-16(12-1-5-15-6-2-12)9-11-3-7-18-8-4-11/h11-12,15H,1-10H2,(H2,14,17). The van der Waals surface area contributed by atoms with Gasteiger partial charge in [0.1, 0.15) is 0 Å². The molecular weight excluding hydrogens is 230 g/mol. The number of hydrogen-bond donors (Lipinski definition) is 2. The van der Waals surface area contributed by atoms with Crippen LogP contribution in [0.5, 0.6) is 0 Å². The van der Waals surface area contributed by atoms with Crippen LogP contribution in [-0.2, 0) is 9.53 Å². The summed E-state index contributed by atoms with van der Waals surface area (Å²) >= 11 is 0. The zero-order valence-electron chi connectivity index (χ0n) is 11.1. The number of nitrogens with one attached hydrogen (secondary N) is 1. The third-order valence-corrected chi connectivity index (χ3v) is 4.02. The minimum Gasteiger partial charge on any atom is -0.381 e. The molecule has 5 heteroatoms. The Hall–Kier alpha value is -0.650. The summed E-state index contributed by atoms with van der Waals surface area (Å²) in [5, 5.41) is 3.36. The van der Waals surface area contributed by atoms with Crippen LogP contribution in [-0.4, -0.2) is 56.2 Å². The Kier molecular flexibility index (Phi) is 5.41. The molecule has 0 aromatic carbocycles. The lowest BCUT2D eigenvalue weighted by molar-refractivity contribution is -0.120. The van der Waals surface area contributed by atoms with Crippen molar-refractivity contribution >= 4 is 5.91 Å². The number of hydrogen-bond acceptors (Lipinski definition) is 4. The Balaban J connectivity index is 1.88. The van der Waals surface area contributed by atoms with E-state index in [1.54, 1.807) is 0 Å². The second-order valence-corrected chi connectivity index (χ2v) is 5.43. The Morgan fingerprint density at radius 2 is 1.89 bits per heavy atom. The summed E-state index contributed by atoms with van der Waals surface area (Å²) in [5.41, 5.74) is 5.38. The Labute approximate surface area is 109 Å². The normalized spacial score (nSPS) is 23.4. The second-order valence-electron chi connectivity index (χ2n) is 5.43. The molecule has 2 fully saturated rings. The predicted molar refractivity (Wildman–Crippen MR) is 70.2 cm³/mol. The van der Waals surface area contributed by atoms with Gasteiger partial charge >= 0.3 is 0 Å². The molecule has 0 unspecified atom stereocenters. The van der Waals surface area contributed by atoms with Gasteiger partial charge in [0.05, 0.1) is 6.54 Å². The van der Waals surface area contributed by atoms with E-state index in [0.29, 0.717) is 18.5 Å². The Bertz CT molecular complexity index is 261. The first-order valence-electron chi connectivity index (χ1n) is 7.06. The highest BCUT2D eigenvalue weighted by Crippen LogP contribution is 2.20. The zero-order valence-corrected chi connectivity index (χ0v) is 11.1. The summed E-state index contributed by atoms with van der Waals surface area (Å²) in [6.45, 7) is 5.23. The van der Waals surface area contributed by atoms with Gasteiger partial charge in [0.25, 0.3) is 0 Å². The first-order valence-corrected chi connectivity index (χ1v) is 7.06. The van der Waals surface area contributed by atoms with Crippen molar-refractivity contribution in [3.05, 3.63) is 0 Å². The summed E-state index contributed by atoms with van der Waals surface area (Å²) in [5.74, 6) is 0.452. The largest absolute Gasteiger partial charge is 0.381 e. The molecule has 0 saturated carbocycles. The predicted octanol–water partition coefficient (Wildman–Crippen LogP) is -0.0477. The van der Waals surface area contributed by atoms with Crippen LogP contribution in [0.4, 0.5) is 0 Å². The minimum atomic E-state index is -0.208. The minimum absolute atomic E-state index is 0.208. The maximum Gasteiger partial charge on any atom is 0.231 e. The molecule has 1 amide bonds. The van der Waals surface area contributed by atoms with Crippen LogP contribution in [0.1, 0.15) is 25.7 Å². The van der Waals surface area contributed by atoms with Crippen LogP contribution < -0.4 is 11.1 Å². The van der Waals surface area contributed by atoms with Gasteiger partial charge in [-0.1, -0.05) is 0 Å². The van der Waals surface area contributed by atoms with Crippen LogP contribution in [0.3, 0.4) is 0 Å². The number of nitrogens with two attached hydrogens (primary N) is 1. The van der Waals surface area contributed by atoms with E-state index < -0.39 is 0 Å². The average Bonchev–Trinajstić information content (AvgIpc) is 2.40. The molecule has 0 aromatic heterocycles. The van der Waals surface area contributed by atoms with E-state index in [9.17, 15) is 4.79 Å². The van der Waals surface area contributed by atoms with Gasteiger partial charge in [0.15, 0.2) is 0 Å². The molecule has 0 aliphatic carbocycles. The van der Waals surface area contributed by atoms with Crippen LogP contribution in [0.25, 0.3) is 0 Å². The van der Waals surface area contributed by atoms with E-state index in [4.69, 9.17) is 10.5 Å². The highest BCUT2D eigenvalue weighted by Gasteiger charge is 2.25. The lowest BCUT2D eigenvalue weighted by atomic mass is 9.97. The van der Waals surface area contributed by atoms with Crippen molar-refractivity contribution < 1.29 is 9.53 Å². The summed E-state index contributed by atoms with van der Waals surface area (Å²) in [7, 11) is 0. The Morgan fingerprint density at radius 3 is 2.50 bits per heavy atom. The molecule has 2 aliphatic rings. The van der Waals surface area contributed by atoms with Crippen molar-refractivity contribution in [2.45, 2.75) is 31.7 Å². The van der Waals surface area contributed by atoms with Gasteiger partial charge in [-0.15, -0.1) is 0 Å². The molecule has 0 aromatic rings. The molecule has 3 N–H and O–H groups in total. The van der Waals surface area contributed by atoms with Crippen molar-refractivity contribution in [2.24, 2.45) is 11.7 Å². The average molecular weight is 255 g/mol. The molecule has 0 spiro atoms. The van der Waals surface area contributed by atoms with Crippen LogP contribution in [0, 0.1) is 5.92 Å². The maximum absolute atomic E-state index is 11.2. The first-order chi connectivity index (χ1) is 8.75. The second kappa shape index (κ2) is 7.07. The number of amides is 1. The van der Waals surface area contributed by atoms with E-state index >= 15 is 0 Å². The first kappa shape index (κ1) is 13.8. The van der Waals surface area contributed by atoms with Gasteiger partial charge in [0.2, 0.25) is 5.91 Å². The SMILES string of the molecule is NC(=O)CN(CC1CCOCC1)C1CCNCC1. The van der Waals surface area contributed by atoms with Crippen molar-refractivity contribution in [3.8, 4) is 0 Å². The number of nitrogens with zero attached hydrogens (tertiary/aromatic N) is 1. The van der Waals surface area contributed by atoms with E-state index in [0.717, 1.165) is 58.5 Å². The van der Waals surface area contributed by atoms with E-state index in [-0.39, 0.29) is 5.91 Å². The number of primary amides is 1. The van der Waals surface area contributed by atoms with E-state index in [2.05, 4.69) is 10.2 Å². The molecule has 18 heavy (non-hydrogen) atoms. The molecule has 2 aliphatic heterocycles. The maximum atomic E-state index is 11.2. The van der Waals surface area contributed by atoms with Gasteiger partial charge < -0.3 is 15.8 Å². The lowest BCUT2D eigenvalue weighted by Gasteiger charge is -2.37. The van der Waals surface area contributed by atoms with Crippen molar-refractivity contribution in [3.63, 3.8) is 0 Å². The third kappa shape index (κ3) is 4.23. The van der Waals surface area contributed by atoms with Crippen molar-refractivity contribution in [2.75, 3.05) is 39.4 Å². The monoisotopic (exact) mass is 255 g/mol. The highest BCUT2D eigenvalue weighted by atomic mass is 16.5. The smallest absolute Gasteiger partial charge is 0.231 e. The fourth-order valence-electron chi connectivity index (χ4n) is 2.98. The van der Waals surface area contributed by atoms with Gasteiger partial charge in [-0.25, -0.2) is 0 Å². The van der Waals surface area contributed by atoms with Crippen LogP contribution >= 0.6 is 0 Å². The topological polar surface area (TPSA) is 67.6 Å². The fraction of sp³-hybridized carbons (Fsp3) is 0.923. The van der Waals surface area contributed by atoms with Crippen molar-refractivity contribution in [1.82, 2.24) is 10.2 Å². The fourth-order valence-corrected chi connectivity index (χ4v) is 2.98. The Morgan fingerprint density at radius 1 is 1.22 bits per heavy atom. The molecule has 0 bridgehead atoms. The molecule has 0 radical (unpaired) electrons. The molecule has 104 valence electrons. The molecule has 2 heterocycles. The van der Waals surface area contributed by atoms with E-state index in [1.165, 1.54) is 0 Å². The lowest BCUT2D eigenvalue weighted by Crippen LogP contribution is -2.48. The highest BCUT2D eigenvalue weighted by molar-refractivity contribution is 5.75. The van der Waals surface area contributed by atoms with Gasteiger partial charge in [-0.2, -0.15) is 0 Å². The zero-order chi connectivity index (χ0) is 12.8. The number of ether oxygens (including phenoxy) is 1. The van der Waals surface area contributed by atoms with Gasteiger partial charge in [-0.3, -0.25) is 9.69 Å². The number of piperidine rings is 1. The van der Waals surface area contributed by atoms with Crippen LogP contribution in [0.15, 0.2) is 0 Å². The molecule has 2 rings (SSSR count). The van der Waals surface area contributed by atoms with E-state index in [1.807, 2.05) is 0 Å². The summed E-state index contributed by atoms with van der Waals surface area (Å²) < 4.78 is 5.39. The molecule has 0 atom stereocenters. The summed E-state index contributed by atoms with van der Waals surface area (Å²) in [6, 6.07) is 0.515. The molecule has 5 nitrogen and oxygen atoms in total. The summed E-state index contributed by atoms with van der Waals surface area (Å²) in [4.78, 5) is 13.5. The summed E-state index contributed by atoms with van der Waals surface area (Å²) in [6.07, 6.45) is 4.47. The van der Waals surface area contributed by atoms with Gasteiger partial charge in [0, 0.05) is 25.8 Å². The molecule has 2 saturated heterocycles. The number of carbonyl (C=O) groups excluding carboxylic acids is 1.